The largest absolute Gasteiger partial charge is 0.386 e. The summed E-state index contributed by atoms with van der Waals surface area (Å²) in [4.78, 5) is 28.9. The molecule has 404 valence electrons. The van der Waals surface area contributed by atoms with E-state index in [-0.39, 0.29) is 23.8 Å². The van der Waals surface area contributed by atoms with Crippen LogP contribution in [0.2, 0.25) is 0 Å². The predicted molar refractivity (Wildman–Crippen MR) is 300 cm³/mol. The zero-order chi connectivity index (χ0) is 53.7. The van der Waals surface area contributed by atoms with Gasteiger partial charge in [0.2, 0.25) is 0 Å². The first-order valence-corrected chi connectivity index (χ1v) is 26.6. The van der Waals surface area contributed by atoms with Crippen molar-refractivity contribution >= 4 is 11.6 Å². The van der Waals surface area contributed by atoms with E-state index in [4.69, 9.17) is 22.9 Å². The highest BCUT2D eigenvalue weighted by Crippen LogP contribution is 2.25. The summed E-state index contributed by atoms with van der Waals surface area (Å²) in [7, 11) is 4.25. The van der Waals surface area contributed by atoms with Crippen LogP contribution in [0.3, 0.4) is 0 Å². The maximum atomic E-state index is 12.2. The minimum absolute atomic E-state index is 0.00200. The fourth-order valence-electron chi connectivity index (χ4n) is 8.19. The fraction of sp³-hybridized carbons (Fsp3) is 0.821. The van der Waals surface area contributed by atoms with Crippen molar-refractivity contribution in [2.45, 2.75) is 212 Å². The molecule has 0 aromatic heterocycles. The molecule has 0 amide bonds. The van der Waals surface area contributed by atoms with Crippen molar-refractivity contribution < 1.29 is 9.59 Å². The average Bonchev–Trinajstić information content (AvgIpc) is 3.20. The Labute approximate surface area is 422 Å². The zero-order valence-corrected chi connectivity index (χ0v) is 48.1. The van der Waals surface area contributed by atoms with Crippen molar-refractivity contribution in [2.24, 2.45) is 70.3 Å². The van der Waals surface area contributed by atoms with Crippen LogP contribution in [0, 0.1) is 47.3 Å². The number of ketones is 2. The lowest BCUT2D eigenvalue weighted by molar-refractivity contribution is -0.128. The quantitative estimate of drug-likeness (QED) is 0.0278. The van der Waals surface area contributed by atoms with Crippen molar-refractivity contribution in [3.63, 3.8) is 0 Å². The van der Waals surface area contributed by atoms with Gasteiger partial charge in [-0.2, -0.15) is 0 Å². The molecule has 0 aliphatic heterocycles. The third-order valence-electron chi connectivity index (χ3n) is 12.0. The van der Waals surface area contributed by atoms with Crippen molar-refractivity contribution in [3.8, 4) is 0 Å². The highest BCUT2D eigenvalue weighted by Gasteiger charge is 2.26. The summed E-state index contributed by atoms with van der Waals surface area (Å²) in [6, 6.07) is 1.65. The summed E-state index contributed by atoms with van der Waals surface area (Å²) in [6.45, 7) is 52.7. The Kier molecular flexibility index (Phi) is 44.5. The lowest BCUT2D eigenvalue weighted by Crippen LogP contribution is -2.44. The van der Waals surface area contributed by atoms with E-state index in [1.165, 1.54) is 38.5 Å². The number of carbonyl (C=O) groups excluding carboxylic acids is 2. The molecular weight excluding hydrogens is 845 g/mol. The maximum Gasteiger partial charge on any atom is 0.152 e. The molecule has 68 heavy (non-hydrogen) atoms. The molecule has 0 aliphatic carbocycles. The topological polar surface area (TPSA) is 193 Å². The average molecular weight is 964 g/mol. The summed E-state index contributed by atoms with van der Waals surface area (Å²) < 4.78 is 0. The normalized spacial score (nSPS) is 12.7. The first-order chi connectivity index (χ1) is 31.4. The van der Waals surface area contributed by atoms with E-state index in [9.17, 15) is 9.59 Å². The van der Waals surface area contributed by atoms with Crippen molar-refractivity contribution in [2.75, 3.05) is 40.3 Å². The third kappa shape index (κ3) is 45.1. The van der Waals surface area contributed by atoms with Gasteiger partial charge < -0.3 is 49.1 Å². The number of Topliss-reactive ketones (excluding diaryl/α,β-unsaturated/α-hetero) is 2. The minimum Gasteiger partial charge on any atom is -0.386 e. The molecule has 3 atom stereocenters. The van der Waals surface area contributed by atoms with Crippen LogP contribution >= 0.6 is 0 Å². The highest BCUT2D eigenvalue weighted by atomic mass is 16.1. The Hall–Kier alpha value is -3.38. The predicted octanol–water partition coefficient (Wildman–Crippen LogP) is 10.4. The van der Waals surface area contributed by atoms with Gasteiger partial charge in [-0.15, -0.1) is 0 Å². The van der Waals surface area contributed by atoms with Crippen LogP contribution in [0.5, 0.6) is 0 Å². The van der Waals surface area contributed by atoms with Gasteiger partial charge in [0, 0.05) is 62.1 Å². The van der Waals surface area contributed by atoms with Crippen molar-refractivity contribution in [3.05, 3.63) is 49.6 Å². The van der Waals surface area contributed by atoms with Gasteiger partial charge in [0.05, 0.1) is 29.3 Å². The van der Waals surface area contributed by atoms with Crippen LogP contribution in [0.15, 0.2) is 49.6 Å². The summed E-state index contributed by atoms with van der Waals surface area (Å²) in [6.07, 6.45) is 13.5. The summed E-state index contributed by atoms with van der Waals surface area (Å²) in [5.41, 5.74) is 21.8. The molecule has 0 heterocycles. The van der Waals surface area contributed by atoms with E-state index in [2.05, 4.69) is 148 Å². The molecule has 12 nitrogen and oxygen atoms in total. The number of hydrogen-bond donors (Lipinski definition) is 8. The third-order valence-corrected chi connectivity index (χ3v) is 12.0. The Morgan fingerprint density at radius 1 is 0.426 bits per heavy atom. The molecule has 0 aliphatic rings. The number of nitrogens with zero attached hydrogens (tertiary/aromatic N) is 2. The van der Waals surface area contributed by atoms with E-state index in [1.54, 1.807) is 0 Å². The molecular formula is C56H118N10O2. The van der Waals surface area contributed by atoms with E-state index in [0.29, 0.717) is 58.9 Å². The van der Waals surface area contributed by atoms with Crippen LogP contribution in [0.4, 0.5) is 0 Å². The van der Waals surface area contributed by atoms with Gasteiger partial charge in [0.1, 0.15) is 5.78 Å². The molecule has 0 aromatic carbocycles. The van der Waals surface area contributed by atoms with Gasteiger partial charge in [-0.05, 0) is 148 Å². The lowest BCUT2D eigenvalue weighted by atomic mass is 9.85. The molecule has 0 unspecified atom stereocenters. The molecule has 0 bridgehead atoms. The summed E-state index contributed by atoms with van der Waals surface area (Å²) in [5.74, 6) is 7.07. The Bertz CT molecular complexity index is 1300. The van der Waals surface area contributed by atoms with Gasteiger partial charge in [-0.1, -0.05) is 109 Å². The Morgan fingerprint density at radius 3 is 1.06 bits per heavy atom. The maximum absolute atomic E-state index is 12.2. The van der Waals surface area contributed by atoms with Crippen LogP contribution in [0.25, 0.3) is 0 Å². The molecule has 0 saturated carbocycles. The van der Waals surface area contributed by atoms with Crippen LogP contribution < -0.4 is 44.2 Å². The van der Waals surface area contributed by atoms with Crippen LogP contribution in [-0.4, -0.2) is 85.8 Å². The van der Waals surface area contributed by atoms with Gasteiger partial charge in [-0.25, -0.2) is 0 Å². The van der Waals surface area contributed by atoms with E-state index < -0.39 is 0 Å². The highest BCUT2D eigenvalue weighted by molar-refractivity contribution is 5.85. The SMILES string of the molecule is C=C(N)NCCCC(CC(C)C)CC(C)C.C=C(N)NCCC[C@@H](C(=O)C(C)C)N(C)C(C)C.C=C(N)NCCC[C@@H](CC(C)C)N(C)C(C)C.C=C(N)NCCC[C@H](CC(C)C)C(=O)C(C)C. The first-order valence-electron chi connectivity index (χ1n) is 26.6. The monoisotopic (exact) mass is 963 g/mol. The van der Waals surface area contributed by atoms with E-state index in [0.717, 1.165) is 88.4 Å². The molecule has 0 rings (SSSR count). The van der Waals surface area contributed by atoms with Crippen molar-refractivity contribution in [1.82, 2.24) is 31.1 Å². The zero-order valence-electron chi connectivity index (χ0n) is 48.1. The second-order valence-corrected chi connectivity index (χ2v) is 22.3. The number of hydrogen-bond acceptors (Lipinski definition) is 12. The molecule has 0 saturated heterocycles. The number of likely N-dealkylation sites (N-methyl/N-ethyl adjacent to an activating group) is 1. The number of nitrogens with two attached hydrogens (primary N) is 4. The summed E-state index contributed by atoms with van der Waals surface area (Å²) >= 11 is 0. The molecule has 12 heteroatoms. The molecule has 0 aromatic rings. The minimum atomic E-state index is -0.00200. The van der Waals surface area contributed by atoms with Crippen LogP contribution in [0.1, 0.15) is 188 Å². The smallest absolute Gasteiger partial charge is 0.152 e. The fourth-order valence-corrected chi connectivity index (χ4v) is 8.19. The Balaban J connectivity index is -0.000000402. The summed E-state index contributed by atoms with van der Waals surface area (Å²) in [5, 5.41) is 12.2. The lowest BCUT2D eigenvalue weighted by Gasteiger charge is -2.32. The van der Waals surface area contributed by atoms with Crippen LogP contribution in [-0.2, 0) is 9.59 Å². The number of carbonyl (C=O) groups is 2. The van der Waals surface area contributed by atoms with Gasteiger partial charge in [0.15, 0.2) is 5.78 Å². The second kappa shape index (κ2) is 42.5. The van der Waals surface area contributed by atoms with E-state index in [1.807, 2.05) is 34.7 Å². The number of rotatable bonds is 36. The van der Waals surface area contributed by atoms with Crippen molar-refractivity contribution in [1.29, 1.82) is 0 Å². The van der Waals surface area contributed by atoms with Gasteiger partial charge >= 0.3 is 0 Å². The standard InChI is InChI=1S/C14H29N3O.C14H31N3.C14H28N2O.C14H30N2/c1-10(2)14(18)13(17(6)11(3)4)8-7-9-16-12(5)15;1-11(2)10-14(17(6)12(3)4)8-7-9-16-13(5)15;1-10(2)9-13(14(17)11(3)4)7-6-8-16-12(5)15;1-11(2)9-14(10-12(3)4)7-6-8-16-13(5)15/h10-11,13,16H,5,7-9,15H2,1-4,6H3;11-12,14,16H,5,7-10,15H2,1-4,6H3;10-11,13,16H,5-9,15H2,1-4H3;11-12,14,16H,5-10,15H2,1-4H3/t13-;14-;13-;/m001./s1. The molecule has 0 spiro atoms. The number of nitrogens with one attached hydrogen (secondary N) is 4. The van der Waals surface area contributed by atoms with Gasteiger partial charge in [-0.3, -0.25) is 14.5 Å². The van der Waals surface area contributed by atoms with Gasteiger partial charge in [0.25, 0.3) is 0 Å². The molecule has 0 fully saturated rings. The second-order valence-electron chi connectivity index (χ2n) is 22.3. The van der Waals surface area contributed by atoms with E-state index >= 15 is 0 Å². The first kappa shape index (κ1) is 71.2. The Morgan fingerprint density at radius 2 is 0.750 bits per heavy atom. The molecule has 12 N–H and O–H groups in total. The molecule has 0 radical (unpaired) electrons.